The first-order chi connectivity index (χ1) is 4.83. The van der Waals surface area contributed by atoms with Crippen LogP contribution in [0.3, 0.4) is 0 Å². The topological polar surface area (TPSA) is 0 Å². The normalized spacial score (nSPS) is 21.0. The van der Waals surface area contributed by atoms with Crippen LogP contribution in [-0.4, -0.2) is 0 Å². The minimum atomic E-state index is 0.852. The molecule has 10 heavy (non-hydrogen) atoms. The molecule has 60 valence electrons. The fourth-order valence-corrected chi connectivity index (χ4v) is 1.88. The summed E-state index contributed by atoms with van der Waals surface area (Å²) in [6.07, 6.45) is 10.3. The lowest BCUT2D eigenvalue weighted by Crippen LogP contribution is -1.98. The molecule has 0 saturated heterocycles. The summed E-state index contributed by atoms with van der Waals surface area (Å²) in [5.41, 5.74) is 0.852. The summed E-state index contributed by atoms with van der Waals surface area (Å²) < 4.78 is 0. The van der Waals surface area contributed by atoms with Crippen LogP contribution >= 0.6 is 0 Å². The van der Waals surface area contributed by atoms with E-state index in [1.54, 1.807) is 0 Å². The molecule has 0 aromatic rings. The summed E-state index contributed by atoms with van der Waals surface area (Å²) in [5, 5.41) is 0. The highest BCUT2D eigenvalue weighted by molar-refractivity contribution is 4.91. The monoisotopic (exact) mass is 140 g/mol. The second-order valence-electron chi connectivity index (χ2n) is 3.85. The highest BCUT2D eigenvalue weighted by Crippen LogP contribution is 2.53. The third-order valence-corrected chi connectivity index (χ3v) is 2.80. The Morgan fingerprint density at radius 3 is 2.10 bits per heavy atom. The summed E-state index contributed by atoms with van der Waals surface area (Å²) in [4.78, 5) is 0. The van der Waals surface area contributed by atoms with Gasteiger partial charge in [0.25, 0.3) is 0 Å². The second-order valence-corrected chi connectivity index (χ2v) is 3.85. The van der Waals surface area contributed by atoms with Crippen LogP contribution in [-0.2, 0) is 0 Å². The van der Waals surface area contributed by atoms with Gasteiger partial charge in [-0.1, -0.05) is 33.1 Å². The van der Waals surface area contributed by atoms with Crippen molar-refractivity contribution in [3.05, 3.63) is 0 Å². The molecule has 1 rings (SSSR count). The van der Waals surface area contributed by atoms with Crippen molar-refractivity contribution in [2.45, 2.75) is 58.8 Å². The maximum Gasteiger partial charge on any atom is -0.0297 e. The SMILES string of the molecule is CCCCC1(CCC)CC1. The molecular formula is C10H20. The lowest BCUT2D eigenvalue weighted by atomic mass is 9.94. The maximum atomic E-state index is 2.31. The Balaban J connectivity index is 2.11. The molecule has 0 bridgehead atoms. The minimum absolute atomic E-state index is 0.852. The number of unbranched alkanes of at least 4 members (excludes halogenated alkanes) is 1. The molecule has 1 fully saturated rings. The number of hydrogen-bond donors (Lipinski definition) is 0. The van der Waals surface area contributed by atoms with Crippen molar-refractivity contribution in [1.29, 1.82) is 0 Å². The van der Waals surface area contributed by atoms with Gasteiger partial charge in [-0.2, -0.15) is 0 Å². The van der Waals surface area contributed by atoms with E-state index in [4.69, 9.17) is 0 Å². The second kappa shape index (κ2) is 3.41. The van der Waals surface area contributed by atoms with Crippen LogP contribution in [0.4, 0.5) is 0 Å². The molecule has 0 spiro atoms. The fraction of sp³-hybridized carbons (Fsp3) is 1.00. The van der Waals surface area contributed by atoms with Crippen molar-refractivity contribution in [3.63, 3.8) is 0 Å². The van der Waals surface area contributed by atoms with Gasteiger partial charge in [0.05, 0.1) is 0 Å². The van der Waals surface area contributed by atoms with E-state index in [1.807, 2.05) is 0 Å². The van der Waals surface area contributed by atoms with E-state index in [0.29, 0.717) is 0 Å². The molecule has 0 N–H and O–H groups in total. The van der Waals surface area contributed by atoms with Crippen LogP contribution in [0.25, 0.3) is 0 Å². The first kappa shape index (κ1) is 8.10. The van der Waals surface area contributed by atoms with Gasteiger partial charge >= 0.3 is 0 Å². The highest BCUT2D eigenvalue weighted by atomic mass is 14.4. The lowest BCUT2D eigenvalue weighted by molar-refractivity contribution is 0.408. The first-order valence-electron chi connectivity index (χ1n) is 4.83. The van der Waals surface area contributed by atoms with Crippen molar-refractivity contribution in [2.75, 3.05) is 0 Å². The number of hydrogen-bond acceptors (Lipinski definition) is 0. The van der Waals surface area contributed by atoms with Gasteiger partial charge in [0.1, 0.15) is 0 Å². The van der Waals surface area contributed by atoms with Gasteiger partial charge in [0.15, 0.2) is 0 Å². The average molecular weight is 140 g/mol. The Hall–Kier alpha value is 0. The Labute approximate surface area is 65.0 Å². The van der Waals surface area contributed by atoms with Gasteiger partial charge in [-0.25, -0.2) is 0 Å². The first-order valence-corrected chi connectivity index (χ1v) is 4.83. The third-order valence-electron chi connectivity index (χ3n) is 2.80. The van der Waals surface area contributed by atoms with Gasteiger partial charge in [-0.3, -0.25) is 0 Å². The summed E-state index contributed by atoms with van der Waals surface area (Å²) >= 11 is 0. The molecule has 1 aliphatic carbocycles. The van der Waals surface area contributed by atoms with Crippen molar-refractivity contribution in [1.82, 2.24) is 0 Å². The zero-order valence-electron chi connectivity index (χ0n) is 7.45. The molecule has 1 aliphatic rings. The van der Waals surface area contributed by atoms with Crippen molar-refractivity contribution in [2.24, 2.45) is 5.41 Å². The highest BCUT2D eigenvalue weighted by Gasteiger charge is 2.40. The van der Waals surface area contributed by atoms with E-state index >= 15 is 0 Å². The van der Waals surface area contributed by atoms with Gasteiger partial charge in [0.2, 0.25) is 0 Å². The minimum Gasteiger partial charge on any atom is -0.0654 e. The molecular weight excluding hydrogens is 120 g/mol. The predicted molar refractivity (Wildman–Crippen MR) is 46.1 cm³/mol. The Morgan fingerprint density at radius 2 is 1.70 bits per heavy atom. The van der Waals surface area contributed by atoms with Crippen molar-refractivity contribution < 1.29 is 0 Å². The Bertz CT molecular complexity index is 90.2. The summed E-state index contributed by atoms with van der Waals surface area (Å²) in [6.45, 7) is 4.61. The largest absolute Gasteiger partial charge is 0.0654 e. The summed E-state index contributed by atoms with van der Waals surface area (Å²) in [5.74, 6) is 0. The third kappa shape index (κ3) is 2.00. The van der Waals surface area contributed by atoms with E-state index in [-0.39, 0.29) is 0 Å². The van der Waals surface area contributed by atoms with Gasteiger partial charge in [-0.05, 0) is 31.1 Å². The average Bonchev–Trinajstić information content (AvgIpc) is 2.67. The van der Waals surface area contributed by atoms with E-state index in [9.17, 15) is 0 Å². The van der Waals surface area contributed by atoms with Crippen molar-refractivity contribution in [3.8, 4) is 0 Å². The van der Waals surface area contributed by atoms with Crippen LogP contribution in [0.5, 0.6) is 0 Å². The molecule has 0 heterocycles. The van der Waals surface area contributed by atoms with E-state index in [1.165, 1.54) is 44.9 Å². The Morgan fingerprint density at radius 1 is 1.00 bits per heavy atom. The standard InChI is InChI=1S/C10H20/c1-3-5-7-10(6-4-2)8-9-10/h3-9H2,1-2H3. The molecule has 0 atom stereocenters. The number of rotatable bonds is 5. The molecule has 1 saturated carbocycles. The zero-order valence-corrected chi connectivity index (χ0v) is 7.45. The van der Waals surface area contributed by atoms with Crippen LogP contribution in [0, 0.1) is 5.41 Å². The predicted octanol–water partition coefficient (Wildman–Crippen LogP) is 3.76. The maximum absolute atomic E-state index is 2.31. The molecule has 0 aromatic heterocycles. The van der Waals surface area contributed by atoms with Crippen LogP contribution in [0.2, 0.25) is 0 Å². The molecule has 0 heteroatoms. The molecule has 0 nitrogen and oxygen atoms in total. The van der Waals surface area contributed by atoms with Gasteiger partial charge in [0, 0.05) is 0 Å². The quantitative estimate of drug-likeness (QED) is 0.545. The van der Waals surface area contributed by atoms with Crippen LogP contribution in [0.1, 0.15) is 58.8 Å². The molecule has 0 aliphatic heterocycles. The summed E-state index contributed by atoms with van der Waals surface area (Å²) in [6, 6.07) is 0. The van der Waals surface area contributed by atoms with Crippen LogP contribution < -0.4 is 0 Å². The Kier molecular flexibility index (Phi) is 2.76. The smallest absolute Gasteiger partial charge is 0.0297 e. The summed E-state index contributed by atoms with van der Waals surface area (Å²) in [7, 11) is 0. The van der Waals surface area contributed by atoms with Crippen LogP contribution in [0.15, 0.2) is 0 Å². The van der Waals surface area contributed by atoms with E-state index < -0.39 is 0 Å². The fourth-order valence-electron chi connectivity index (χ4n) is 1.88. The zero-order chi connectivity index (χ0) is 7.45. The molecule has 0 aromatic carbocycles. The van der Waals surface area contributed by atoms with E-state index in [2.05, 4.69) is 13.8 Å². The van der Waals surface area contributed by atoms with Gasteiger partial charge in [-0.15, -0.1) is 0 Å². The molecule has 0 radical (unpaired) electrons. The van der Waals surface area contributed by atoms with E-state index in [0.717, 1.165) is 5.41 Å². The molecule has 0 amide bonds. The van der Waals surface area contributed by atoms with Crippen molar-refractivity contribution >= 4 is 0 Å². The van der Waals surface area contributed by atoms with Gasteiger partial charge < -0.3 is 0 Å². The lowest BCUT2D eigenvalue weighted by Gasteiger charge is -2.11. The molecule has 0 unspecified atom stereocenters.